The zero-order valence-corrected chi connectivity index (χ0v) is 4.62. The molecule has 1 aromatic rings. The van der Waals surface area contributed by atoms with Crippen molar-refractivity contribution in [3.63, 3.8) is 0 Å². The predicted molar refractivity (Wildman–Crippen MR) is 27.4 cm³/mol. The lowest BCUT2D eigenvalue weighted by Crippen LogP contribution is -1.53. The lowest BCUT2D eigenvalue weighted by atomic mass is 10.7. The Kier molecular flexibility index (Phi) is 0.982. The van der Waals surface area contributed by atoms with Crippen molar-refractivity contribution >= 4 is 11.3 Å². The summed E-state index contributed by atoms with van der Waals surface area (Å²) < 4.78 is 0. The fraction of sp³-hybridized carbons (Fsp3) is 0.250. The summed E-state index contributed by atoms with van der Waals surface area (Å²) >= 11 is 1.23. The number of aromatic nitrogens is 1. The van der Waals surface area contributed by atoms with Gasteiger partial charge in [-0.25, -0.2) is 4.98 Å². The van der Waals surface area contributed by atoms with Crippen LogP contribution >= 0.6 is 11.3 Å². The molecule has 0 aliphatic heterocycles. The molecule has 0 amide bonds. The van der Waals surface area contributed by atoms with Crippen molar-refractivity contribution in [2.45, 2.75) is 6.92 Å². The fourth-order valence-electron chi connectivity index (χ4n) is 0.309. The topological polar surface area (TPSA) is 33.1 Å². The number of nitrogens with zero attached hydrogens (tertiary/aromatic N) is 1. The van der Waals surface area contributed by atoms with Crippen molar-refractivity contribution in [3.8, 4) is 5.19 Å². The molecule has 0 aliphatic carbocycles. The molecule has 2 nitrogen and oxygen atoms in total. The predicted octanol–water partition coefficient (Wildman–Crippen LogP) is 0.957. The minimum Gasteiger partial charge on any atom is -0.486 e. The molecule has 0 bridgehead atoms. The SMILES string of the molecule is Cc1[c]nc(O)s1. The molecule has 0 aromatic carbocycles. The Morgan fingerprint density at radius 3 is 2.71 bits per heavy atom. The van der Waals surface area contributed by atoms with Crippen LogP contribution in [0.15, 0.2) is 0 Å². The van der Waals surface area contributed by atoms with E-state index >= 15 is 0 Å². The van der Waals surface area contributed by atoms with Gasteiger partial charge in [-0.1, -0.05) is 11.3 Å². The molecule has 0 saturated heterocycles. The van der Waals surface area contributed by atoms with E-state index in [-0.39, 0.29) is 5.19 Å². The summed E-state index contributed by atoms with van der Waals surface area (Å²) in [4.78, 5) is 4.38. The summed E-state index contributed by atoms with van der Waals surface area (Å²) in [6.45, 7) is 1.84. The number of hydrogen-bond donors (Lipinski definition) is 1. The molecule has 1 N–H and O–H groups in total. The Labute approximate surface area is 45.5 Å². The number of thiazole rings is 1. The van der Waals surface area contributed by atoms with Crippen molar-refractivity contribution in [1.29, 1.82) is 0 Å². The molecular weight excluding hydrogens is 110 g/mol. The molecule has 1 aromatic heterocycles. The number of hydrogen-bond acceptors (Lipinski definition) is 3. The summed E-state index contributed by atoms with van der Waals surface area (Å²) in [5.74, 6) is 0. The van der Waals surface area contributed by atoms with Crippen LogP contribution in [0.1, 0.15) is 4.88 Å². The van der Waals surface area contributed by atoms with Crippen LogP contribution in [0, 0.1) is 13.1 Å². The zero-order valence-electron chi connectivity index (χ0n) is 3.80. The second kappa shape index (κ2) is 1.50. The highest BCUT2D eigenvalue weighted by Gasteiger charge is 1.90. The van der Waals surface area contributed by atoms with E-state index in [1.54, 1.807) is 0 Å². The molecule has 0 saturated carbocycles. The van der Waals surface area contributed by atoms with Gasteiger partial charge in [-0.3, -0.25) is 0 Å². The summed E-state index contributed by atoms with van der Waals surface area (Å²) in [7, 11) is 0. The average Bonchev–Trinajstić information content (AvgIpc) is 1.87. The van der Waals surface area contributed by atoms with Crippen LogP contribution in [0.3, 0.4) is 0 Å². The Morgan fingerprint density at radius 1 is 1.86 bits per heavy atom. The maximum Gasteiger partial charge on any atom is 0.271 e. The first-order valence-electron chi connectivity index (χ1n) is 1.83. The Morgan fingerprint density at radius 2 is 2.57 bits per heavy atom. The quantitative estimate of drug-likeness (QED) is 0.545. The lowest BCUT2D eigenvalue weighted by Gasteiger charge is -1.68. The highest BCUT2D eigenvalue weighted by atomic mass is 32.1. The monoisotopic (exact) mass is 114 g/mol. The van der Waals surface area contributed by atoms with E-state index in [0.29, 0.717) is 0 Å². The van der Waals surface area contributed by atoms with Crippen LogP contribution in [0.2, 0.25) is 0 Å². The molecule has 0 unspecified atom stereocenters. The molecule has 37 valence electrons. The van der Waals surface area contributed by atoms with Crippen LogP contribution in [0.25, 0.3) is 0 Å². The van der Waals surface area contributed by atoms with Gasteiger partial charge in [-0.05, 0) is 6.92 Å². The largest absolute Gasteiger partial charge is 0.486 e. The van der Waals surface area contributed by atoms with E-state index in [1.165, 1.54) is 11.3 Å². The minimum absolute atomic E-state index is 0.0949. The van der Waals surface area contributed by atoms with Gasteiger partial charge in [-0.2, -0.15) is 0 Å². The van der Waals surface area contributed by atoms with Gasteiger partial charge < -0.3 is 5.11 Å². The highest BCUT2D eigenvalue weighted by molar-refractivity contribution is 7.13. The third-order valence-corrected chi connectivity index (χ3v) is 1.22. The Bertz CT molecular complexity index is 144. The van der Waals surface area contributed by atoms with Gasteiger partial charge in [0.25, 0.3) is 5.19 Å². The summed E-state index contributed by atoms with van der Waals surface area (Å²) in [6.07, 6.45) is 2.59. The molecular formula is C4H4NOS. The van der Waals surface area contributed by atoms with Crippen molar-refractivity contribution < 1.29 is 5.11 Å². The molecule has 3 heteroatoms. The molecule has 0 atom stereocenters. The van der Waals surface area contributed by atoms with Crippen LogP contribution < -0.4 is 0 Å². The average molecular weight is 114 g/mol. The van der Waals surface area contributed by atoms with E-state index in [9.17, 15) is 0 Å². The van der Waals surface area contributed by atoms with Gasteiger partial charge >= 0.3 is 0 Å². The van der Waals surface area contributed by atoms with Crippen LogP contribution in [-0.2, 0) is 0 Å². The van der Waals surface area contributed by atoms with E-state index in [0.717, 1.165) is 4.88 Å². The normalized spacial score (nSPS) is 9.29. The van der Waals surface area contributed by atoms with Gasteiger partial charge in [0.1, 0.15) is 6.20 Å². The lowest BCUT2D eigenvalue weighted by molar-refractivity contribution is 0.471. The van der Waals surface area contributed by atoms with E-state index < -0.39 is 0 Å². The van der Waals surface area contributed by atoms with Gasteiger partial charge in [0.2, 0.25) is 0 Å². The standard InChI is InChI=1S/C4H4NOS/c1-3-2-5-4(6)7-3/h1H3,(H,5,6). The Hall–Kier alpha value is -0.570. The maximum absolute atomic E-state index is 8.53. The first-order chi connectivity index (χ1) is 3.29. The first kappa shape index (κ1) is 4.59. The van der Waals surface area contributed by atoms with Crippen LogP contribution in [0.4, 0.5) is 0 Å². The smallest absolute Gasteiger partial charge is 0.271 e. The molecule has 7 heavy (non-hydrogen) atoms. The summed E-state index contributed by atoms with van der Waals surface area (Å²) in [5, 5.41) is 8.62. The van der Waals surface area contributed by atoms with Crippen molar-refractivity contribution in [2.75, 3.05) is 0 Å². The van der Waals surface area contributed by atoms with Gasteiger partial charge in [0.15, 0.2) is 0 Å². The van der Waals surface area contributed by atoms with Crippen LogP contribution in [-0.4, -0.2) is 10.1 Å². The molecule has 0 aliphatic rings. The molecule has 1 radical (unpaired) electrons. The van der Waals surface area contributed by atoms with Gasteiger partial charge in [0.05, 0.1) is 0 Å². The first-order valence-corrected chi connectivity index (χ1v) is 2.65. The van der Waals surface area contributed by atoms with Crippen molar-refractivity contribution in [3.05, 3.63) is 11.1 Å². The third kappa shape index (κ3) is 0.899. The van der Waals surface area contributed by atoms with E-state index in [1.807, 2.05) is 6.92 Å². The second-order valence-electron chi connectivity index (χ2n) is 1.16. The highest BCUT2D eigenvalue weighted by Crippen LogP contribution is 2.15. The van der Waals surface area contributed by atoms with Gasteiger partial charge in [-0.15, -0.1) is 0 Å². The third-order valence-electron chi connectivity index (χ3n) is 0.553. The number of aromatic hydroxyl groups is 1. The number of rotatable bonds is 0. The van der Waals surface area contributed by atoms with E-state index in [2.05, 4.69) is 11.2 Å². The Balaban J connectivity index is 3.04. The second-order valence-corrected chi connectivity index (χ2v) is 2.35. The minimum atomic E-state index is 0.0949. The maximum atomic E-state index is 8.53. The summed E-state index contributed by atoms with van der Waals surface area (Å²) in [5.41, 5.74) is 0. The van der Waals surface area contributed by atoms with Crippen molar-refractivity contribution in [2.24, 2.45) is 0 Å². The van der Waals surface area contributed by atoms with Gasteiger partial charge in [0, 0.05) is 4.88 Å². The molecule has 0 spiro atoms. The molecule has 1 rings (SSSR count). The number of aryl methyl sites for hydroxylation is 1. The molecule has 0 fully saturated rings. The molecule has 1 heterocycles. The van der Waals surface area contributed by atoms with E-state index in [4.69, 9.17) is 5.11 Å². The zero-order chi connectivity index (χ0) is 5.28. The summed E-state index contributed by atoms with van der Waals surface area (Å²) in [6, 6.07) is 0. The van der Waals surface area contributed by atoms with Crippen LogP contribution in [0.5, 0.6) is 5.19 Å². The van der Waals surface area contributed by atoms with Crippen molar-refractivity contribution in [1.82, 2.24) is 4.98 Å². The fourth-order valence-corrected chi connectivity index (χ4v) is 0.766.